The van der Waals surface area contributed by atoms with Crippen molar-refractivity contribution in [3.8, 4) is 22.6 Å². The quantitative estimate of drug-likeness (QED) is 0.742. The molecule has 0 saturated carbocycles. The molecule has 0 spiro atoms. The predicted molar refractivity (Wildman–Crippen MR) is 112 cm³/mol. The second-order valence-corrected chi connectivity index (χ2v) is 8.26. The van der Waals surface area contributed by atoms with Crippen LogP contribution in [0.4, 0.5) is 5.69 Å². The molecule has 29 heavy (non-hydrogen) atoms. The van der Waals surface area contributed by atoms with Crippen molar-refractivity contribution in [2.24, 2.45) is 0 Å². The molecular weight excluding hydrogens is 366 g/mol. The van der Waals surface area contributed by atoms with Crippen molar-refractivity contribution < 1.29 is 19.0 Å². The summed E-state index contributed by atoms with van der Waals surface area (Å²) in [6, 6.07) is 9.99. The van der Waals surface area contributed by atoms with E-state index in [1.807, 2.05) is 18.2 Å². The van der Waals surface area contributed by atoms with E-state index in [9.17, 15) is 4.79 Å². The molecule has 3 aliphatic rings. The topological polar surface area (TPSA) is 56.8 Å². The molecule has 0 aromatic heterocycles. The second kappa shape index (κ2) is 6.14. The summed E-state index contributed by atoms with van der Waals surface area (Å²) in [4.78, 5) is 11.8. The number of carbonyl (C=O) groups excluding carboxylic acids is 1. The smallest absolute Gasteiger partial charge is 0.331 e. The van der Waals surface area contributed by atoms with Crippen LogP contribution in [0.5, 0.6) is 11.5 Å². The lowest BCUT2D eigenvalue weighted by Crippen LogP contribution is -2.34. The standard InChI is InChI=1S/C24H23NO4/c1-13-12-24(2,3)25-15-9-8-14-21-16(27-4)6-5-7-17(21)29-23(22(14)20(13)15)18-10-11-19(26)28-18/h5-12,18,23,25H,1-4H3. The third kappa shape index (κ3) is 2.72. The summed E-state index contributed by atoms with van der Waals surface area (Å²) in [7, 11) is 1.66. The highest BCUT2D eigenvalue weighted by molar-refractivity contribution is 5.92. The molecule has 5 rings (SSSR count). The molecule has 148 valence electrons. The summed E-state index contributed by atoms with van der Waals surface area (Å²) in [5, 5.41) is 3.60. The Morgan fingerprint density at radius 1 is 1.10 bits per heavy atom. The van der Waals surface area contributed by atoms with Gasteiger partial charge in [0, 0.05) is 22.9 Å². The average molecular weight is 389 g/mol. The number of hydrogen-bond acceptors (Lipinski definition) is 5. The first-order chi connectivity index (χ1) is 13.9. The van der Waals surface area contributed by atoms with Gasteiger partial charge in [-0.15, -0.1) is 0 Å². The van der Waals surface area contributed by atoms with Crippen LogP contribution < -0.4 is 14.8 Å². The zero-order chi connectivity index (χ0) is 20.3. The lowest BCUT2D eigenvalue weighted by molar-refractivity contribution is -0.142. The van der Waals surface area contributed by atoms with Crippen molar-refractivity contribution in [3.63, 3.8) is 0 Å². The number of benzene rings is 2. The van der Waals surface area contributed by atoms with Gasteiger partial charge in [0.05, 0.1) is 18.2 Å². The molecule has 2 atom stereocenters. The van der Waals surface area contributed by atoms with E-state index in [0.717, 1.165) is 39.4 Å². The van der Waals surface area contributed by atoms with Gasteiger partial charge >= 0.3 is 5.97 Å². The van der Waals surface area contributed by atoms with Gasteiger partial charge in [-0.05, 0) is 56.2 Å². The maximum Gasteiger partial charge on any atom is 0.331 e. The number of ether oxygens (including phenoxy) is 3. The highest BCUT2D eigenvalue weighted by Crippen LogP contribution is 2.53. The molecule has 5 nitrogen and oxygen atoms in total. The first kappa shape index (κ1) is 17.9. The van der Waals surface area contributed by atoms with Gasteiger partial charge in [0.15, 0.2) is 12.2 Å². The van der Waals surface area contributed by atoms with Crippen LogP contribution in [-0.4, -0.2) is 24.7 Å². The molecule has 0 amide bonds. The van der Waals surface area contributed by atoms with Crippen molar-refractivity contribution in [1.82, 2.24) is 0 Å². The van der Waals surface area contributed by atoms with E-state index in [2.05, 4.69) is 44.3 Å². The van der Waals surface area contributed by atoms with Crippen LogP contribution in [0.3, 0.4) is 0 Å². The van der Waals surface area contributed by atoms with Crippen LogP contribution in [-0.2, 0) is 9.53 Å². The Balaban J connectivity index is 1.79. The summed E-state index contributed by atoms with van der Waals surface area (Å²) in [6.07, 6.45) is 4.55. The van der Waals surface area contributed by atoms with E-state index in [1.165, 1.54) is 11.6 Å². The van der Waals surface area contributed by atoms with Gasteiger partial charge in [-0.3, -0.25) is 0 Å². The summed E-state index contributed by atoms with van der Waals surface area (Å²) in [6.45, 7) is 6.41. The predicted octanol–water partition coefficient (Wildman–Crippen LogP) is 4.88. The molecule has 0 bridgehead atoms. The molecule has 2 aromatic rings. The summed E-state index contributed by atoms with van der Waals surface area (Å²) >= 11 is 0. The monoisotopic (exact) mass is 389 g/mol. The highest BCUT2D eigenvalue weighted by atomic mass is 16.6. The molecule has 3 aliphatic heterocycles. The number of anilines is 1. The Labute approximate surface area is 170 Å². The van der Waals surface area contributed by atoms with Gasteiger partial charge in [0.2, 0.25) is 0 Å². The van der Waals surface area contributed by atoms with Crippen LogP contribution in [0.25, 0.3) is 16.7 Å². The molecular formula is C24H23NO4. The molecule has 0 saturated heterocycles. The van der Waals surface area contributed by atoms with Crippen molar-refractivity contribution in [1.29, 1.82) is 0 Å². The van der Waals surface area contributed by atoms with E-state index in [-0.39, 0.29) is 11.5 Å². The van der Waals surface area contributed by atoms with Gasteiger partial charge in [-0.25, -0.2) is 4.79 Å². The second-order valence-electron chi connectivity index (χ2n) is 8.26. The van der Waals surface area contributed by atoms with Crippen LogP contribution >= 0.6 is 0 Å². The van der Waals surface area contributed by atoms with E-state index >= 15 is 0 Å². The fourth-order valence-electron chi connectivity index (χ4n) is 4.68. The minimum absolute atomic E-state index is 0.147. The average Bonchev–Trinajstić information content (AvgIpc) is 3.11. The van der Waals surface area contributed by atoms with Gasteiger partial charge in [0.25, 0.3) is 0 Å². The van der Waals surface area contributed by atoms with Gasteiger partial charge < -0.3 is 19.5 Å². The van der Waals surface area contributed by atoms with Crippen LogP contribution in [0, 0.1) is 0 Å². The summed E-state index contributed by atoms with van der Waals surface area (Å²) < 4.78 is 17.6. The Hall–Kier alpha value is -3.21. The minimum Gasteiger partial charge on any atom is -0.496 e. The number of nitrogens with one attached hydrogen (secondary N) is 1. The first-order valence-corrected chi connectivity index (χ1v) is 9.76. The van der Waals surface area contributed by atoms with Crippen LogP contribution in [0.1, 0.15) is 38.0 Å². The lowest BCUT2D eigenvalue weighted by atomic mass is 9.80. The largest absolute Gasteiger partial charge is 0.496 e. The Kier molecular flexibility index (Phi) is 3.78. The number of allylic oxidation sites excluding steroid dienone is 1. The van der Waals surface area contributed by atoms with E-state index < -0.39 is 12.2 Å². The Morgan fingerprint density at radius 3 is 2.66 bits per heavy atom. The van der Waals surface area contributed by atoms with Crippen LogP contribution in [0.2, 0.25) is 0 Å². The minimum atomic E-state index is -0.477. The van der Waals surface area contributed by atoms with Crippen molar-refractivity contribution in [3.05, 3.63) is 59.7 Å². The molecule has 1 N–H and O–H groups in total. The third-order valence-corrected chi connectivity index (χ3v) is 5.66. The zero-order valence-corrected chi connectivity index (χ0v) is 16.9. The maximum atomic E-state index is 11.8. The number of carbonyl (C=O) groups is 1. The third-order valence-electron chi connectivity index (χ3n) is 5.66. The molecule has 0 radical (unpaired) electrons. The van der Waals surface area contributed by atoms with E-state index in [4.69, 9.17) is 14.2 Å². The SMILES string of the molecule is COc1cccc2c1-c1ccc3c(c1C(C1C=CC(=O)O1)O2)C(C)=CC(C)(C)N3. The number of esters is 1. The first-order valence-electron chi connectivity index (χ1n) is 9.76. The summed E-state index contributed by atoms with van der Waals surface area (Å²) in [5.74, 6) is 1.14. The van der Waals surface area contributed by atoms with Crippen molar-refractivity contribution in [2.45, 2.75) is 38.5 Å². The molecule has 0 aliphatic carbocycles. The molecule has 0 fully saturated rings. The number of methoxy groups -OCH3 is 1. The van der Waals surface area contributed by atoms with E-state index in [0.29, 0.717) is 0 Å². The normalized spacial score (nSPS) is 23.0. The fraction of sp³-hybridized carbons (Fsp3) is 0.292. The molecule has 2 unspecified atom stereocenters. The molecule has 2 aromatic carbocycles. The maximum absolute atomic E-state index is 11.8. The Bertz CT molecular complexity index is 1100. The fourth-order valence-corrected chi connectivity index (χ4v) is 4.68. The summed E-state index contributed by atoms with van der Waals surface area (Å²) in [5.41, 5.74) is 6.15. The van der Waals surface area contributed by atoms with Crippen LogP contribution in [0.15, 0.2) is 48.6 Å². The lowest BCUT2D eigenvalue weighted by Gasteiger charge is -2.38. The number of rotatable bonds is 2. The number of hydrogen-bond donors (Lipinski definition) is 1. The Morgan fingerprint density at radius 2 is 1.93 bits per heavy atom. The van der Waals surface area contributed by atoms with Crippen molar-refractivity contribution in [2.75, 3.05) is 12.4 Å². The van der Waals surface area contributed by atoms with Gasteiger partial charge in [0.1, 0.15) is 11.5 Å². The van der Waals surface area contributed by atoms with Gasteiger partial charge in [-0.1, -0.05) is 18.2 Å². The van der Waals surface area contributed by atoms with Crippen molar-refractivity contribution >= 4 is 17.2 Å². The molecule has 3 heterocycles. The zero-order valence-electron chi connectivity index (χ0n) is 16.9. The highest BCUT2D eigenvalue weighted by Gasteiger charge is 2.40. The molecule has 5 heteroatoms. The number of cyclic esters (lactones) is 1. The number of fused-ring (bicyclic) bond motifs is 5. The van der Waals surface area contributed by atoms with Gasteiger partial charge in [-0.2, -0.15) is 0 Å². The van der Waals surface area contributed by atoms with E-state index in [1.54, 1.807) is 13.2 Å².